The average molecular weight is 247 g/mol. The molecule has 0 spiro atoms. The minimum atomic E-state index is -0.905. The fourth-order valence-corrected chi connectivity index (χ4v) is 1.77. The van der Waals surface area contributed by atoms with E-state index in [2.05, 4.69) is 0 Å². The van der Waals surface area contributed by atoms with Crippen LogP contribution in [0.25, 0.3) is 16.8 Å². The van der Waals surface area contributed by atoms with Gasteiger partial charge in [0.15, 0.2) is 0 Å². The molecule has 0 aliphatic carbocycles. The molecular weight excluding hydrogens is 236 g/mol. The summed E-state index contributed by atoms with van der Waals surface area (Å²) in [5.74, 6) is -0.422. The van der Waals surface area contributed by atoms with Crippen LogP contribution in [-0.2, 0) is 0 Å². The maximum Gasteiger partial charge on any atom is 0.335 e. The number of fused-ring (bicyclic) bond motifs is 1. The van der Waals surface area contributed by atoms with E-state index in [1.807, 2.05) is 36.4 Å². The van der Waals surface area contributed by atoms with E-state index in [0.717, 1.165) is 16.3 Å². The Labute approximate surface area is 104 Å². The Kier molecular flexibility index (Phi) is 3.45. The predicted molar refractivity (Wildman–Crippen MR) is 70.7 cm³/mol. The summed E-state index contributed by atoms with van der Waals surface area (Å²) in [6.45, 7) is 0. The van der Waals surface area contributed by atoms with Gasteiger partial charge in [-0.1, -0.05) is 30.4 Å². The third kappa shape index (κ3) is 2.66. The number of alkyl halides is 1. The lowest BCUT2D eigenvalue weighted by molar-refractivity contribution is 0.0697. The Balaban J connectivity index is 2.46. The van der Waals surface area contributed by atoms with Crippen LogP contribution in [0.2, 0.25) is 0 Å². The highest BCUT2D eigenvalue weighted by Crippen LogP contribution is 2.18. The van der Waals surface area contributed by atoms with Crippen molar-refractivity contribution >= 4 is 34.4 Å². The first-order valence-electron chi connectivity index (χ1n) is 5.20. The number of aromatic carboxylic acids is 1. The molecule has 0 saturated carbocycles. The molecule has 1 N–H and O–H groups in total. The fourth-order valence-electron chi connectivity index (χ4n) is 1.68. The lowest BCUT2D eigenvalue weighted by Crippen LogP contribution is -1.95. The minimum Gasteiger partial charge on any atom is -0.478 e. The van der Waals surface area contributed by atoms with E-state index in [4.69, 9.17) is 16.7 Å². The monoisotopic (exact) mass is 246 g/mol. The van der Waals surface area contributed by atoms with E-state index in [0.29, 0.717) is 11.4 Å². The Morgan fingerprint density at radius 3 is 2.59 bits per heavy atom. The van der Waals surface area contributed by atoms with Gasteiger partial charge in [0, 0.05) is 5.88 Å². The van der Waals surface area contributed by atoms with E-state index in [-0.39, 0.29) is 0 Å². The molecule has 0 aromatic heterocycles. The highest BCUT2D eigenvalue weighted by molar-refractivity contribution is 6.19. The minimum absolute atomic E-state index is 0.307. The maximum atomic E-state index is 10.8. The van der Waals surface area contributed by atoms with Gasteiger partial charge in [-0.2, -0.15) is 0 Å². The molecular formula is C14H11ClO2. The molecule has 0 amide bonds. The Bertz CT molecular complexity index is 588. The lowest BCUT2D eigenvalue weighted by atomic mass is 10.0. The van der Waals surface area contributed by atoms with Crippen molar-refractivity contribution in [2.24, 2.45) is 0 Å². The van der Waals surface area contributed by atoms with Crippen LogP contribution >= 0.6 is 11.6 Å². The number of halogens is 1. The summed E-state index contributed by atoms with van der Waals surface area (Å²) < 4.78 is 0. The molecule has 0 fully saturated rings. The van der Waals surface area contributed by atoms with Gasteiger partial charge in [-0.15, -0.1) is 11.6 Å². The van der Waals surface area contributed by atoms with Gasteiger partial charge in [-0.05, 0) is 34.5 Å². The van der Waals surface area contributed by atoms with Crippen molar-refractivity contribution in [3.63, 3.8) is 0 Å². The molecule has 0 radical (unpaired) electrons. The number of allylic oxidation sites excluding steroid dienone is 1. The second-order valence-corrected chi connectivity index (χ2v) is 3.99. The first-order chi connectivity index (χ1) is 8.20. The van der Waals surface area contributed by atoms with Gasteiger partial charge in [-0.3, -0.25) is 0 Å². The predicted octanol–water partition coefficient (Wildman–Crippen LogP) is 3.79. The topological polar surface area (TPSA) is 37.3 Å². The summed E-state index contributed by atoms with van der Waals surface area (Å²) in [4.78, 5) is 10.8. The first kappa shape index (κ1) is 11.7. The van der Waals surface area contributed by atoms with Crippen LogP contribution in [0.1, 0.15) is 15.9 Å². The van der Waals surface area contributed by atoms with Crippen molar-refractivity contribution in [2.45, 2.75) is 0 Å². The number of hydrogen-bond acceptors (Lipinski definition) is 1. The molecule has 2 aromatic rings. The molecule has 2 nitrogen and oxygen atoms in total. The highest BCUT2D eigenvalue weighted by Gasteiger charge is 2.03. The molecule has 3 heteroatoms. The van der Waals surface area contributed by atoms with Gasteiger partial charge < -0.3 is 5.11 Å². The quantitative estimate of drug-likeness (QED) is 0.837. The standard InChI is InChI=1S/C14H11ClO2/c15-7-1-2-10-3-4-12-9-13(14(16)17)6-5-11(12)8-10/h1-6,8-9H,7H2,(H,16,17). The number of hydrogen-bond donors (Lipinski definition) is 1. The molecule has 2 aromatic carbocycles. The van der Waals surface area contributed by atoms with E-state index < -0.39 is 5.97 Å². The molecule has 0 bridgehead atoms. The van der Waals surface area contributed by atoms with Crippen LogP contribution in [0.15, 0.2) is 42.5 Å². The summed E-state index contributed by atoms with van der Waals surface area (Å²) in [6.07, 6.45) is 3.81. The van der Waals surface area contributed by atoms with Crippen LogP contribution in [0.4, 0.5) is 0 Å². The van der Waals surface area contributed by atoms with E-state index >= 15 is 0 Å². The molecule has 86 valence electrons. The number of carbonyl (C=O) groups is 1. The van der Waals surface area contributed by atoms with Crippen molar-refractivity contribution in [3.8, 4) is 0 Å². The van der Waals surface area contributed by atoms with Crippen LogP contribution < -0.4 is 0 Å². The SMILES string of the molecule is O=C(O)c1ccc2cc(C=CCCl)ccc2c1. The third-order valence-corrected chi connectivity index (χ3v) is 2.69. The Morgan fingerprint density at radius 1 is 1.18 bits per heavy atom. The second kappa shape index (κ2) is 5.02. The Morgan fingerprint density at radius 2 is 1.88 bits per heavy atom. The zero-order valence-electron chi connectivity index (χ0n) is 9.06. The number of benzene rings is 2. The van der Waals surface area contributed by atoms with Gasteiger partial charge in [0.2, 0.25) is 0 Å². The molecule has 17 heavy (non-hydrogen) atoms. The normalized spacial score (nSPS) is 11.1. The molecule has 0 aliphatic heterocycles. The van der Waals surface area contributed by atoms with Crippen molar-refractivity contribution in [1.82, 2.24) is 0 Å². The summed E-state index contributed by atoms with van der Waals surface area (Å²) in [5, 5.41) is 10.8. The van der Waals surface area contributed by atoms with Gasteiger partial charge in [0.1, 0.15) is 0 Å². The second-order valence-electron chi connectivity index (χ2n) is 3.68. The zero-order chi connectivity index (χ0) is 12.3. The average Bonchev–Trinajstić information content (AvgIpc) is 2.35. The summed E-state index contributed by atoms with van der Waals surface area (Å²) in [7, 11) is 0. The summed E-state index contributed by atoms with van der Waals surface area (Å²) in [6, 6.07) is 11.0. The van der Waals surface area contributed by atoms with Crippen molar-refractivity contribution in [1.29, 1.82) is 0 Å². The van der Waals surface area contributed by atoms with Crippen LogP contribution in [0, 0.1) is 0 Å². The highest BCUT2D eigenvalue weighted by atomic mass is 35.5. The van der Waals surface area contributed by atoms with Crippen molar-refractivity contribution in [3.05, 3.63) is 53.6 Å². The largest absolute Gasteiger partial charge is 0.478 e. The molecule has 0 saturated heterocycles. The molecule has 0 unspecified atom stereocenters. The third-order valence-electron chi connectivity index (χ3n) is 2.51. The molecule has 0 heterocycles. The molecule has 0 atom stereocenters. The van der Waals surface area contributed by atoms with E-state index in [9.17, 15) is 4.79 Å². The first-order valence-corrected chi connectivity index (χ1v) is 5.74. The molecule has 0 aliphatic rings. The number of carboxylic acid groups (broad SMARTS) is 1. The van der Waals surface area contributed by atoms with Crippen molar-refractivity contribution in [2.75, 3.05) is 5.88 Å². The summed E-state index contributed by atoms with van der Waals surface area (Å²) >= 11 is 5.57. The van der Waals surface area contributed by atoms with E-state index in [1.165, 1.54) is 0 Å². The maximum absolute atomic E-state index is 10.8. The number of carboxylic acids is 1. The van der Waals surface area contributed by atoms with Crippen LogP contribution in [0.5, 0.6) is 0 Å². The van der Waals surface area contributed by atoms with Crippen molar-refractivity contribution < 1.29 is 9.90 Å². The smallest absolute Gasteiger partial charge is 0.335 e. The van der Waals surface area contributed by atoms with Gasteiger partial charge >= 0.3 is 5.97 Å². The lowest BCUT2D eigenvalue weighted by Gasteiger charge is -2.01. The molecule has 2 rings (SSSR count). The van der Waals surface area contributed by atoms with E-state index in [1.54, 1.807) is 12.1 Å². The Hall–Kier alpha value is -1.80. The fraction of sp³-hybridized carbons (Fsp3) is 0.0714. The van der Waals surface area contributed by atoms with Crippen LogP contribution in [-0.4, -0.2) is 17.0 Å². The van der Waals surface area contributed by atoms with Gasteiger partial charge in [-0.25, -0.2) is 4.79 Å². The van der Waals surface area contributed by atoms with Crippen LogP contribution in [0.3, 0.4) is 0 Å². The zero-order valence-corrected chi connectivity index (χ0v) is 9.82. The summed E-state index contributed by atoms with van der Waals surface area (Å²) in [5.41, 5.74) is 1.36. The van der Waals surface area contributed by atoms with Gasteiger partial charge in [0.25, 0.3) is 0 Å². The van der Waals surface area contributed by atoms with Gasteiger partial charge in [0.05, 0.1) is 5.56 Å². The number of rotatable bonds is 3.